The van der Waals surface area contributed by atoms with E-state index in [1.54, 1.807) is 19.1 Å². The second-order valence-corrected chi connectivity index (χ2v) is 5.23. The van der Waals surface area contributed by atoms with Gasteiger partial charge in [-0.3, -0.25) is 10.1 Å². The number of nitrogens with one attached hydrogen (secondary N) is 1. The highest BCUT2D eigenvalue weighted by Crippen LogP contribution is 2.27. The van der Waals surface area contributed by atoms with Gasteiger partial charge in [0.15, 0.2) is 0 Å². The molecular weight excluding hydrogens is 280 g/mol. The lowest BCUT2D eigenvalue weighted by atomic mass is 10.0. The van der Waals surface area contributed by atoms with Crippen molar-refractivity contribution in [3.63, 3.8) is 0 Å². The highest BCUT2D eigenvalue weighted by molar-refractivity contribution is 5.54. The zero-order valence-corrected chi connectivity index (χ0v) is 12.5. The van der Waals surface area contributed by atoms with Crippen LogP contribution >= 0.6 is 0 Å². The van der Waals surface area contributed by atoms with Crippen molar-refractivity contribution in [2.45, 2.75) is 25.8 Å². The van der Waals surface area contributed by atoms with Gasteiger partial charge >= 0.3 is 0 Å². The fourth-order valence-electron chi connectivity index (χ4n) is 2.45. The third-order valence-electron chi connectivity index (χ3n) is 3.59. The second-order valence-electron chi connectivity index (χ2n) is 5.23. The molecule has 0 saturated carbocycles. The topological polar surface area (TPSA) is 75.4 Å². The van der Waals surface area contributed by atoms with Gasteiger partial charge in [-0.2, -0.15) is 0 Å². The summed E-state index contributed by atoms with van der Waals surface area (Å²) in [4.78, 5) is 10.5. The molecule has 0 amide bonds. The molecule has 1 atom stereocenters. The first-order valence-corrected chi connectivity index (χ1v) is 7.29. The lowest BCUT2D eigenvalue weighted by Crippen LogP contribution is -2.11. The average molecular weight is 300 g/mol. The number of aliphatic hydroxyl groups excluding tert-OH is 1. The number of nitro groups is 1. The number of rotatable bonds is 7. The molecular formula is C17H20N2O3. The number of hydrogen-bond donors (Lipinski definition) is 2. The molecule has 116 valence electrons. The van der Waals surface area contributed by atoms with Crippen molar-refractivity contribution < 1.29 is 10.0 Å². The largest absolute Gasteiger partial charge is 0.396 e. The van der Waals surface area contributed by atoms with Gasteiger partial charge < -0.3 is 10.4 Å². The number of nitro benzene ring substituents is 1. The van der Waals surface area contributed by atoms with Crippen molar-refractivity contribution in [3.8, 4) is 0 Å². The Morgan fingerprint density at radius 1 is 1.23 bits per heavy atom. The normalized spacial score (nSPS) is 11.9. The molecule has 0 spiro atoms. The lowest BCUT2D eigenvalue weighted by Gasteiger charge is -2.20. The Labute approximate surface area is 129 Å². The van der Waals surface area contributed by atoms with Crippen LogP contribution < -0.4 is 5.32 Å². The molecule has 2 aromatic carbocycles. The number of benzene rings is 2. The molecule has 0 heterocycles. The van der Waals surface area contributed by atoms with Crippen LogP contribution in [0.1, 0.15) is 30.0 Å². The van der Waals surface area contributed by atoms with Crippen molar-refractivity contribution in [1.29, 1.82) is 0 Å². The molecule has 0 fully saturated rings. The standard InChI is InChI=1S/C17H20N2O3/c1-13-12-15(9-10-17(13)19(21)22)18-16(8-5-11-20)14-6-3-2-4-7-14/h2-4,6-7,9-10,12,16,18,20H,5,8,11H2,1H3. The first kappa shape index (κ1) is 16.0. The highest BCUT2D eigenvalue weighted by Gasteiger charge is 2.14. The maximum absolute atomic E-state index is 10.9. The highest BCUT2D eigenvalue weighted by atomic mass is 16.6. The van der Waals surface area contributed by atoms with E-state index in [0.29, 0.717) is 12.0 Å². The molecule has 2 rings (SSSR count). The summed E-state index contributed by atoms with van der Waals surface area (Å²) in [5.41, 5.74) is 2.72. The van der Waals surface area contributed by atoms with E-state index in [1.165, 1.54) is 6.07 Å². The fraction of sp³-hybridized carbons (Fsp3) is 0.294. The molecule has 22 heavy (non-hydrogen) atoms. The average Bonchev–Trinajstić information content (AvgIpc) is 2.52. The van der Waals surface area contributed by atoms with Gasteiger partial charge in [0.25, 0.3) is 5.69 Å². The van der Waals surface area contributed by atoms with E-state index >= 15 is 0 Å². The molecule has 0 saturated heterocycles. The molecule has 5 nitrogen and oxygen atoms in total. The molecule has 0 aliphatic rings. The summed E-state index contributed by atoms with van der Waals surface area (Å²) in [6.07, 6.45) is 1.48. The van der Waals surface area contributed by atoms with Crippen molar-refractivity contribution in [2.75, 3.05) is 11.9 Å². The van der Waals surface area contributed by atoms with Crippen LogP contribution in [0.2, 0.25) is 0 Å². The van der Waals surface area contributed by atoms with Crippen LogP contribution in [0.15, 0.2) is 48.5 Å². The van der Waals surface area contributed by atoms with Crippen molar-refractivity contribution in [3.05, 3.63) is 69.8 Å². The third kappa shape index (κ3) is 4.05. The van der Waals surface area contributed by atoms with Gasteiger partial charge in [-0.1, -0.05) is 30.3 Å². The summed E-state index contributed by atoms with van der Waals surface area (Å²) in [6.45, 7) is 1.87. The fourth-order valence-corrected chi connectivity index (χ4v) is 2.45. The van der Waals surface area contributed by atoms with E-state index in [4.69, 9.17) is 5.11 Å². The van der Waals surface area contributed by atoms with Gasteiger partial charge in [0.2, 0.25) is 0 Å². The quantitative estimate of drug-likeness (QED) is 0.602. The Balaban J connectivity index is 2.20. The molecule has 5 heteroatoms. The van der Waals surface area contributed by atoms with Gasteiger partial charge in [-0.15, -0.1) is 0 Å². The van der Waals surface area contributed by atoms with Crippen LogP contribution in [0.5, 0.6) is 0 Å². The van der Waals surface area contributed by atoms with Gasteiger partial charge in [0, 0.05) is 23.9 Å². The van der Waals surface area contributed by atoms with Gasteiger partial charge in [-0.25, -0.2) is 0 Å². The maximum Gasteiger partial charge on any atom is 0.272 e. The molecule has 0 bridgehead atoms. The summed E-state index contributed by atoms with van der Waals surface area (Å²) in [6, 6.07) is 15.1. The zero-order valence-electron chi connectivity index (χ0n) is 12.5. The summed E-state index contributed by atoms with van der Waals surface area (Å²) in [5, 5.41) is 23.3. The van der Waals surface area contributed by atoms with E-state index in [2.05, 4.69) is 5.32 Å². The SMILES string of the molecule is Cc1cc(NC(CCCO)c2ccccc2)ccc1[N+](=O)[O-]. The number of hydrogen-bond acceptors (Lipinski definition) is 4. The lowest BCUT2D eigenvalue weighted by molar-refractivity contribution is -0.385. The van der Waals surface area contributed by atoms with Gasteiger partial charge in [-0.05, 0) is 37.5 Å². The third-order valence-corrected chi connectivity index (χ3v) is 3.59. The summed E-state index contributed by atoms with van der Waals surface area (Å²) < 4.78 is 0. The molecule has 0 aliphatic carbocycles. The number of aliphatic hydroxyl groups is 1. The maximum atomic E-state index is 10.9. The first-order valence-electron chi connectivity index (χ1n) is 7.29. The molecule has 0 aliphatic heterocycles. The van der Waals surface area contributed by atoms with E-state index < -0.39 is 0 Å². The van der Waals surface area contributed by atoms with Crippen LogP contribution in [-0.2, 0) is 0 Å². The predicted octanol–water partition coefficient (Wildman–Crippen LogP) is 3.83. The van der Waals surface area contributed by atoms with Crippen molar-refractivity contribution >= 4 is 11.4 Å². The Bertz CT molecular complexity index is 629. The van der Waals surface area contributed by atoms with Gasteiger partial charge in [0.05, 0.1) is 11.0 Å². The van der Waals surface area contributed by atoms with Crippen molar-refractivity contribution in [1.82, 2.24) is 0 Å². The molecule has 2 aromatic rings. The first-order chi connectivity index (χ1) is 10.6. The van der Waals surface area contributed by atoms with Crippen LogP contribution in [0.25, 0.3) is 0 Å². The van der Waals surface area contributed by atoms with Crippen LogP contribution in [0, 0.1) is 17.0 Å². The van der Waals surface area contributed by atoms with E-state index in [9.17, 15) is 10.1 Å². The number of nitrogens with zero attached hydrogens (tertiary/aromatic N) is 1. The monoisotopic (exact) mass is 300 g/mol. The Hall–Kier alpha value is -2.40. The zero-order chi connectivity index (χ0) is 15.9. The Kier molecular flexibility index (Phi) is 5.49. The minimum atomic E-state index is -0.375. The van der Waals surface area contributed by atoms with Crippen LogP contribution in [0.4, 0.5) is 11.4 Å². The summed E-state index contributed by atoms with van der Waals surface area (Å²) in [7, 11) is 0. The summed E-state index contributed by atoms with van der Waals surface area (Å²) >= 11 is 0. The Morgan fingerprint density at radius 3 is 2.55 bits per heavy atom. The van der Waals surface area contributed by atoms with Crippen LogP contribution in [0.3, 0.4) is 0 Å². The number of aryl methyl sites for hydroxylation is 1. The van der Waals surface area contributed by atoms with Gasteiger partial charge in [0.1, 0.15) is 0 Å². The predicted molar refractivity (Wildman–Crippen MR) is 87.0 cm³/mol. The minimum absolute atomic E-state index is 0.0641. The number of anilines is 1. The van der Waals surface area contributed by atoms with E-state index in [1.807, 2.05) is 30.3 Å². The van der Waals surface area contributed by atoms with E-state index in [-0.39, 0.29) is 23.3 Å². The molecule has 1 unspecified atom stereocenters. The minimum Gasteiger partial charge on any atom is -0.396 e. The smallest absolute Gasteiger partial charge is 0.272 e. The Morgan fingerprint density at radius 2 is 1.95 bits per heavy atom. The molecule has 2 N–H and O–H groups in total. The second kappa shape index (κ2) is 7.56. The molecule has 0 aromatic heterocycles. The van der Waals surface area contributed by atoms with Crippen LogP contribution in [-0.4, -0.2) is 16.6 Å². The van der Waals surface area contributed by atoms with Crippen molar-refractivity contribution in [2.24, 2.45) is 0 Å². The van der Waals surface area contributed by atoms with E-state index in [0.717, 1.165) is 17.7 Å². The summed E-state index contributed by atoms with van der Waals surface area (Å²) in [5.74, 6) is 0. The molecule has 0 radical (unpaired) electrons.